The highest BCUT2D eigenvalue weighted by Crippen LogP contribution is 2.35. The van der Waals surface area contributed by atoms with E-state index in [9.17, 15) is 18.8 Å². The average molecular weight is 489 g/mol. The Morgan fingerprint density at radius 1 is 1.03 bits per heavy atom. The molecule has 0 bridgehead atoms. The van der Waals surface area contributed by atoms with Gasteiger partial charge < -0.3 is 9.47 Å². The van der Waals surface area contributed by atoms with Gasteiger partial charge in [0, 0.05) is 43.7 Å². The molecule has 3 aliphatic rings. The Bertz CT molecular complexity index is 1390. The number of fused-ring (bicyclic) bond motifs is 2. The Hall–Kier alpha value is -3.52. The van der Waals surface area contributed by atoms with Crippen LogP contribution in [0, 0.1) is 5.82 Å². The fourth-order valence-corrected chi connectivity index (χ4v) is 6.10. The molecule has 186 valence electrons. The standard InChI is InChI=1S/C28H29FN4O3/c1-31-16-23(22-5-3-20(29)13-25(22)31)18-8-10-32(11-9-18)14-17-2-4-21-19(12-17)15-33(28(21)36)24-6-7-26(34)30-27(24)35/h2-5,12-13,16,18,24H,6-11,14-15H2,1H3,(H,30,34,35). The van der Waals surface area contributed by atoms with Gasteiger partial charge in [-0.3, -0.25) is 24.6 Å². The third kappa shape index (κ3) is 3.99. The zero-order valence-corrected chi connectivity index (χ0v) is 20.3. The monoisotopic (exact) mass is 488 g/mol. The lowest BCUT2D eigenvalue weighted by molar-refractivity contribution is -0.136. The van der Waals surface area contributed by atoms with E-state index < -0.39 is 6.04 Å². The van der Waals surface area contributed by atoms with Gasteiger partial charge in [0.15, 0.2) is 0 Å². The lowest BCUT2D eigenvalue weighted by Gasteiger charge is -2.32. The van der Waals surface area contributed by atoms with Crippen molar-refractivity contribution in [2.24, 2.45) is 7.05 Å². The predicted octanol–water partition coefficient (Wildman–Crippen LogP) is 3.46. The first-order valence-electron chi connectivity index (χ1n) is 12.6. The lowest BCUT2D eigenvalue weighted by atomic mass is 9.89. The molecule has 0 aliphatic carbocycles. The van der Waals surface area contributed by atoms with Crippen LogP contribution in [0.1, 0.15) is 58.6 Å². The summed E-state index contributed by atoms with van der Waals surface area (Å²) >= 11 is 0. The number of hydrogen-bond donors (Lipinski definition) is 1. The van der Waals surface area contributed by atoms with Crippen LogP contribution < -0.4 is 5.32 Å². The fourth-order valence-electron chi connectivity index (χ4n) is 6.10. The summed E-state index contributed by atoms with van der Waals surface area (Å²) in [5, 5.41) is 3.49. The maximum atomic E-state index is 13.7. The van der Waals surface area contributed by atoms with Crippen molar-refractivity contribution in [3.8, 4) is 0 Å². The summed E-state index contributed by atoms with van der Waals surface area (Å²) in [5.74, 6) is -0.550. The van der Waals surface area contributed by atoms with Crippen molar-refractivity contribution >= 4 is 28.6 Å². The lowest BCUT2D eigenvalue weighted by Crippen LogP contribution is -2.52. The fraction of sp³-hybridized carbons (Fsp3) is 0.393. The van der Waals surface area contributed by atoms with E-state index in [2.05, 4.69) is 22.5 Å². The van der Waals surface area contributed by atoms with Crippen LogP contribution in [0.4, 0.5) is 4.39 Å². The van der Waals surface area contributed by atoms with Gasteiger partial charge in [-0.05, 0) is 79.2 Å². The van der Waals surface area contributed by atoms with E-state index >= 15 is 0 Å². The number of imide groups is 1. The van der Waals surface area contributed by atoms with Gasteiger partial charge in [0.05, 0.1) is 5.52 Å². The van der Waals surface area contributed by atoms with E-state index in [1.165, 1.54) is 5.56 Å². The molecule has 1 N–H and O–H groups in total. The number of hydrogen-bond acceptors (Lipinski definition) is 4. The molecule has 4 heterocycles. The number of halogens is 1. The van der Waals surface area contributed by atoms with Crippen molar-refractivity contribution in [2.75, 3.05) is 13.1 Å². The second-order valence-corrected chi connectivity index (χ2v) is 10.3. The molecule has 3 aliphatic heterocycles. The zero-order chi connectivity index (χ0) is 25.0. The second-order valence-electron chi connectivity index (χ2n) is 10.3. The molecule has 6 rings (SSSR count). The molecule has 2 aromatic carbocycles. The average Bonchev–Trinajstić information content (AvgIpc) is 3.36. The molecule has 3 amide bonds. The van der Waals surface area contributed by atoms with E-state index in [0.717, 1.165) is 54.5 Å². The Balaban J connectivity index is 1.11. The number of nitrogens with one attached hydrogen (secondary N) is 1. The number of amides is 3. The number of carbonyl (C=O) groups excluding carboxylic acids is 3. The van der Waals surface area contributed by atoms with Gasteiger partial charge in [0.2, 0.25) is 11.8 Å². The number of benzene rings is 2. The van der Waals surface area contributed by atoms with Crippen LogP contribution in [0.3, 0.4) is 0 Å². The molecule has 7 nitrogen and oxygen atoms in total. The van der Waals surface area contributed by atoms with Gasteiger partial charge in [-0.2, -0.15) is 0 Å². The summed E-state index contributed by atoms with van der Waals surface area (Å²) in [4.78, 5) is 40.7. The van der Waals surface area contributed by atoms with Crippen molar-refractivity contribution < 1.29 is 18.8 Å². The summed E-state index contributed by atoms with van der Waals surface area (Å²) in [6.07, 6.45) is 4.87. The van der Waals surface area contributed by atoms with Crippen LogP contribution >= 0.6 is 0 Å². The minimum Gasteiger partial charge on any atom is -0.350 e. The van der Waals surface area contributed by atoms with E-state index in [0.29, 0.717) is 24.4 Å². The molecule has 0 radical (unpaired) electrons. The van der Waals surface area contributed by atoms with Crippen molar-refractivity contribution in [1.29, 1.82) is 0 Å². The Morgan fingerprint density at radius 3 is 2.61 bits per heavy atom. The smallest absolute Gasteiger partial charge is 0.255 e. The summed E-state index contributed by atoms with van der Waals surface area (Å²) in [5.41, 5.74) is 4.99. The number of aromatic nitrogens is 1. The van der Waals surface area contributed by atoms with Crippen LogP contribution in [0.15, 0.2) is 42.6 Å². The largest absolute Gasteiger partial charge is 0.350 e. The first kappa shape index (κ1) is 22.9. The molecule has 1 atom stereocenters. The van der Waals surface area contributed by atoms with Crippen molar-refractivity contribution in [3.05, 3.63) is 70.7 Å². The summed E-state index contributed by atoms with van der Waals surface area (Å²) in [6.45, 7) is 3.16. The summed E-state index contributed by atoms with van der Waals surface area (Å²) < 4.78 is 15.7. The van der Waals surface area contributed by atoms with Gasteiger partial charge in [0.1, 0.15) is 11.9 Å². The number of nitrogens with zero attached hydrogens (tertiary/aromatic N) is 3. The highest BCUT2D eigenvalue weighted by Gasteiger charge is 2.39. The molecule has 2 fully saturated rings. The van der Waals surface area contributed by atoms with E-state index in [-0.39, 0.29) is 30.0 Å². The van der Waals surface area contributed by atoms with Crippen LogP contribution in [-0.2, 0) is 29.7 Å². The first-order chi connectivity index (χ1) is 17.4. The molecule has 8 heteroatoms. The molecule has 3 aromatic rings. The van der Waals surface area contributed by atoms with Crippen LogP contribution in [0.5, 0.6) is 0 Å². The SMILES string of the molecule is Cn1cc(C2CCN(Cc3ccc4c(c3)CN(C3CCC(=O)NC3=O)C4=O)CC2)c2ccc(F)cc21. The molecule has 1 unspecified atom stereocenters. The first-order valence-corrected chi connectivity index (χ1v) is 12.6. The van der Waals surface area contributed by atoms with Crippen molar-refractivity contribution in [1.82, 2.24) is 19.7 Å². The number of carbonyl (C=O) groups is 3. The number of aryl methyl sites for hydroxylation is 1. The third-order valence-electron chi connectivity index (χ3n) is 8.01. The molecule has 2 saturated heterocycles. The van der Waals surface area contributed by atoms with Crippen molar-refractivity contribution in [2.45, 2.75) is 50.7 Å². The maximum Gasteiger partial charge on any atom is 0.255 e. The van der Waals surface area contributed by atoms with E-state index in [4.69, 9.17) is 0 Å². The van der Waals surface area contributed by atoms with Crippen LogP contribution in [0.2, 0.25) is 0 Å². The molecule has 0 saturated carbocycles. The van der Waals surface area contributed by atoms with E-state index in [1.807, 2.05) is 29.8 Å². The summed E-state index contributed by atoms with van der Waals surface area (Å²) in [6, 6.07) is 10.4. The minimum absolute atomic E-state index is 0.137. The van der Waals surface area contributed by atoms with Gasteiger partial charge in [-0.25, -0.2) is 4.39 Å². The number of rotatable bonds is 4. The van der Waals surface area contributed by atoms with Gasteiger partial charge in [-0.1, -0.05) is 12.1 Å². The molecule has 36 heavy (non-hydrogen) atoms. The minimum atomic E-state index is -0.587. The third-order valence-corrected chi connectivity index (χ3v) is 8.01. The Kier molecular flexibility index (Phi) is 5.63. The number of piperidine rings is 2. The second kappa shape index (κ2) is 8.85. The van der Waals surface area contributed by atoms with Crippen LogP contribution in [-0.4, -0.2) is 51.2 Å². The van der Waals surface area contributed by atoms with Crippen molar-refractivity contribution in [3.63, 3.8) is 0 Å². The molecule has 0 spiro atoms. The highest BCUT2D eigenvalue weighted by molar-refractivity contribution is 6.05. The maximum absolute atomic E-state index is 13.7. The summed E-state index contributed by atoms with van der Waals surface area (Å²) in [7, 11) is 1.97. The van der Waals surface area contributed by atoms with Gasteiger partial charge in [0.25, 0.3) is 5.91 Å². The Labute approximate surface area is 208 Å². The highest BCUT2D eigenvalue weighted by atomic mass is 19.1. The molecular weight excluding hydrogens is 459 g/mol. The van der Waals surface area contributed by atoms with Crippen LogP contribution in [0.25, 0.3) is 10.9 Å². The predicted molar refractivity (Wildman–Crippen MR) is 133 cm³/mol. The molecule has 1 aromatic heterocycles. The topological polar surface area (TPSA) is 74.7 Å². The quantitative estimate of drug-likeness (QED) is 0.571. The van der Waals surface area contributed by atoms with Gasteiger partial charge >= 0.3 is 0 Å². The molecular formula is C28H29FN4O3. The Morgan fingerprint density at radius 2 is 1.83 bits per heavy atom. The number of likely N-dealkylation sites (tertiary alicyclic amines) is 1. The zero-order valence-electron chi connectivity index (χ0n) is 20.3. The normalized spacial score (nSPS) is 21.3. The van der Waals surface area contributed by atoms with Gasteiger partial charge in [-0.15, -0.1) is 0 Å². The van der Waals surface area contributed by atoms with E-state index in [1.54, 1.807) is 17.0 Å².